The quantitative estimate of drug-likeness (QED) is 0.645. The van der Waals surface area contributed by atoms with E-state index in [4.69, 9.17) is 12.2 Å². The molecule has 5 nitrogen and oxygen atoms in total. The Bertz CT molecular complexity index is 540. The number of hydrogen-bond acceptors (Lipinski definition) is 3. The van der Waals surface area contributed by atoms with Crippen LogP contribution in [0.5, 0.6) is 0 Å². The van der Waals surface area contributed by atoms with Crippen LogP contribution in [0.3, 0.4) is 0 Å². The number of aromatic amines is 1. The van der Waals surface area contributed by atoms with E-state index in [2.05, 4.69) is 15.5 Å². The highest BCUT2D eigenvalue weighted by atomic mass is 32.1. The summed E-state index contributed by atoms with van der Waals surface area (Å²) in [5.74, 6) is -0.388. The number of H-pyrrole nitrogens is 1. The molecule has 0 fully saturated rings. The molecule has 1 amide bonds. The number of nitrogens with one attached hydrogen (secondary N) is 2. The lowest BCUT2D eigenvalue weighted by Crippen LogP contribution is -2.28. The molecule has 7 heteroatoms. The average Bonchev–Trinajstić information content (AvgIpc) is 2.70. The van der Waals surface area contributed by atoms with E-state index < -0.39 is 11.7 Å². The minimum Gasteiger partial charge on any atom is -0.348 e. The number of aromatic nitrogens is 3. The number of carbonyl (C=O) groups is 1. The minimum absolute atomic E-state index is 0.221. The molecule has 2 N–H and O–H groups in total. The predicted molar refractivity (Wildman–Crippen MR) is 74.0 cm³/mol. The van der Waals surface area contributed by atoms with Crippen LogP contribution in [-0.2, 0) is 11.3 Å². The maximum Gasteiger partial charge on any atom is 0.280 e. The van der Waals surface area contributed by atoms with Gasteiger partial charge in [-0.3, -0.25) is 9.89 Å². The van der Waals surface area contributed by atoms with Crippen molar-refractivity contribution in [3.05, 3.63) is 22.0 Å². The molecular formula is C12H19FN4OS. The van der Waals surface area contributed by atoms with Gasteiger partial charge >= 0.3 is 0 Å². The molecule has 0 atom stereocenters. The van der Waals surface area contributed by atoms with E-state index in [1.54, 1.807) is 18.4 Å². The molecule has 19 heavy (non-hydrogen) atoms. The van der Waals surface area contributed by atoms with Crippen LogP contribution in [0.15, 0.2) is 11.4 Å². The lowest BCUT2D eigenvalue weighted by molar-refractivity contribution is -0.119. The van der Waals surface area contributed by atoms with E-state index in [1.165, 1.54) is 0 Å². The van der Waals surface area contributed by atoms with Crippen LogP contribution in [0.1, 0.15) is 39.4 Å². The monoisotopic (exact) mass is 286 g/mol. The molecule has 0 radical (unpaired) electrons. The second-order valence-corrected chi connectivity index (χ2v) is 5.15. The normalized spacial score (nSPS) is 10.6. The van der Waals surface area contributed by atoms with E-state index in [-0.39, 0.29) is 5.92 Å². The fourth-order valence-corrected chi connectivity index (χ4v) is 1.80. The molecule has 0 bridgehead atoms. The van der Waals surface area contributed by atoms with Crippen LogP contribution < -0.4 is 5.32 Å². The van der Waals surface area contributed by atoms with Crippen molar-refractivity contribution in [1.29, 1.82) is 0 Å². The maximum absolute atomic E-state index is 13.3. The van der Waals surface area contributed by atoms with Crippen molar-refractivity contribution in [3.8, 4) is 0 Å². The standard InChI is InChI=1S/C12H19FN4OS/c1-7(2)9(13)11(18)14-5-6-17-10(8(3)4)15-16-12(17)19/h8H,5-6H2,1-4H3,(H,14,18)(H,16,19). The average molecular weight is 286 g/mol. The lowest BCUT2D eigenvalue weighted by atomic mass is 10.2. The highest BCUT2D eigenvalue weighted by Crippen LogP contribution is 2.11. The van der Waals surface area contributed by atoms with Crippen molar-refractivity contribution in [2.45, 2.75) is 40.2 Å². The van der Waals surface area contributed by atoms with Crippen LogP contribution in [-0.4, -0.2) is 27.2 Å². The largest absolute Gasteiger partial charge is 0.348 e. The molecule has 1 aromatic heterocycles. The van der Waals surface area contributed by atoms with Crippen molar-refractivity contribution < 1.29 is 9.18 Å². The summed E-state index contributed by atoms with van der Waals surface area (Å²) in [6, 6.07) is 0. The summed E-state index contributed by atoms with van der Waals surface area (Å²) in [4.78, 5) is 11.4. The third-order valence-electron chi connectivity index (χ3n) is 2.56. The Hall–Kier alpha value is -1.50. The Morgan fingerprint density at radius 1 is 1.53 bits per heavy atom. The zero-order valence-corrected chi connectivity index (χ0v) is 12.4. The first-order valence-corrected chi connectivity index (χ1v) is 6.51. The van der Waals surface area contributed by atoms with Gasteiger partial charge in [0.15, 0.2) is 10.6 Å². The molecule has 1 aromatic rings. The van der Waals surface area contributed by atoms with E-state index >= 15 is 0 Å². The molecule has 0 unspecified atom stereocenters. The molecule has 0 saturated heterocycles. The maximum atomic E-state index is 13.3. The molecular weight excluding hydrogens is 267 g/mol. The van der Waals surface area contributed by atoms with E-state index in [0.29, 0.717) is 23.4 Å². The Balaban J connectivity index is 2.64. The summed E-state index contributed by atoms with van der Waals surface area (Å²) in [6.45, 7) is 7.87. The van der Waals surface area contributed by atoms with Crippen LogP contribution in [0, 0.1) is 4.77 Å². The summed E-state index contributed by atoms with van der Waals surface area (Å²) in [5, 5.41) is 9.36. The molecule has 0 saturated carbocycles. The van der Waals surface area contributed by atoms with Gasteiger partial charge in [-0.1, -0.05) is 13.8 Å². The number of nitrogens with zero attached hydrogens (tertiary/aromatic N) is 2. The van der Waals surface area contributed by atoms with Gasteiger partial charge in [0.25, 0.3) is 5.91 Å². The van der Waals surface area contributed by atoms with Crippen LogP contribution in [0.4, 0.5) is 4.39 Å². The van der Waals surface area contributed by atoms with Gasteiger partial charge in [-0.05, 0) is 31.6 Å². The highest BCUT2D eigenvalue weighted by molar-refractivity contribution is 7.71. The van der Waals surface area contributed by atoms with Gasteiger partial charge in [0.05, 0.1) is 0 Å². The molecule has 106 valence electrons. The second kappa shape index (κ2) is 6.60. The van der Waals surface area contributed by atoms with Gasteiger partial charge < -0.3 is 9.88 Å². The Morgan fingerprint density at radius 3 is 2.68 bits per heavy atom. The zero-order valence-electron chi connectivity index (χ0n) is 11.6. The van der Waals surface area contributed by atoms with Crippen molar-refractivity contribution >= 4 is 18.1 Å². The van der Waals surface area contributed by atoms with Crippen molar-refractivity contribution in [1.82, 2.24) is 20.1 Å². The van der Waals surface area contributed by atoms with Crippen LogP contribution in [0.2, 0.25) is 0 Å². The van der Waals surface area contributed by atoms with Gasteiger partial charge in [-0.2, -0.15) is 5.10 Å². The summed E-state index contributed by atoms with van der Waals surface area (Å²) in [7, 11) is 0. The number of carbonyl (C=O) groups excluding carboxylic acids is 1. The molecule has 0 aliphatic carbocycles. The number of allylic oxidation sites excluding steroid dienone is 1. The summed E-state index contributed by atoms with van der Waals surface area (Å²) >= 11 is 5.11. The first kappa shape index (κ1) is 15.6. The zero-order chi connectivity index (χ0) is 14.6. The second-order valence-electron chi connectivity index (χ2n) is 4.76. The first-order chi connectivity index (χ1) is 8.84. The number of halogens is 1. The third kappa shape index (κ3) is 3.99. The van der Waals surface area contributed by atoms with E-state index in [9.17, 15) is 9.18 Å². The molecule has 0 spiro atoms. The summed E-state index contributed by atoms with van der Waals surface area (Å²) in [6.07, 6.45) is 0. The summed E-state index contributed by atoms with van der Waals surface area (Å²) < 4.78 is 15.6. The van der Waals surface area contributed by atoms with E-state index in [0.717, 1.165) is 5.82 Å². The van der Waals surface area contributed by atoms with Gasteiger partial charge in [0, 0.05) is 19.0 Å². The first-order valence-electron chi connectivity index (χ1n) is 6.10. The fourth-order valence-electron chi connectivity index (χ4n) is 1.57. The highest BCUT2D eigenvalue weighted by Gasteiger charge is 2.12. The smallest absolute Gasteiger partial charge is 0.280 e. The number of amides is 1. The number of hydrogen-bond donors (Lipinski definition) is 2. The Kier molecular flexibility index (Phi) is 5.41. The molecule has 1 rings (SSSR count). The van der Waals surface area contributed by atoms with Crippen molar-refractivity contribution in [2.24, 2.45) is 0 Å². The fraction of sp³-hybridized carbons (Fsp3) is 0.583. The van der Waals surface area contributed by atoms with Crippen LogP contribution >= 0.6 is 12.2 Å². The minimum atomic E-state index is -0.736. The Morgan fingerprint density at radius 2 is 2.16 bits per heavy atom. The number of rotatable bonds is 5. The molecule has 1 heterocycles. The summed E-state index contributed by atoms with van der Waals surface area (Å²) in [5.41, 5.74) is 0.361. The molecule has 0 aliphatic heterocycles. The van der Waals surface area contributed by atoms with E-state index in [1.807, 2.05) is 13.8 Å². The van der Waals surface area contributed by atoms with Gasteiger partial charge in [0.2, 0.25) is 0 Å². The van der Waals surface area contributed by atoms with Crippen molar-refractivity contribution in [3.63, 3.8) is 0 Å². The predicted octanol–water partition coefficient (Wildman–Crippen LogP) is 2.44. The molecule has 0 aliphatic rings. The van der Waals surface area contributed by atoms with Gasteiger partial charge in [0.1, 0.15) is 5.82 Å². The SMILES string of the molecule is CC(C)=C(F)C(=O)NCCn1c(C(C)C)n[nH]c1=S. The van der Waals surface area contributed by atoms with Crippen LogP contribution in [0.25, 0.3) is 0 Å². The van der Waals surface area contributed by atoms with Gasteiger partial charge in [-0.15, -0.1) is 0 Å². The third-order valence-corrected chi connectivity index (χ3v) is 2.88. The topological polar surface area (TPSA) is 62.7 Å². The Labute approximate surface area is 116 Å². The molecule has 0 aromatic carbocycles. The van der Waals surface area contributed by atoms with Gasteiger partial charge in [-0.25, -0.2) is 4.39 Å². The lowest BCUT2D eigenvalue weighted by Gasteiger charge is -2.09. The van der Waals surface area contributed by atoms with Crippen molar-refractivity contribution in [2.75, 3.05) is 6.54 Å².